The smallest absolute Gasteiger partial charge is 0.264 e. The number of hydrogen-bond donors (Lipinski definition) is 0. The minimum absolute atomic E-state index is 0.125. The summed E-state index contributed by atoms with van der Waals surface area (Å²) >= 11 is 0. The molecule has 0 bridgehead atoms. The number of amides is 1. The minimum Gasteiger partial charge on any atom is -0.338 e. The molecule has 94 valence electrons. The number of nitriles is 1. The minimum atomic E-state index is -0.291. The molecule has 0 saturated carbocycles. The van der Waals surface area contributed by atoms with Crippen LogP contribution in [-0.4, -0.2) is 48.4 Å². The van der Waals surface area contributed by atoms with Crippen molar-refractivity contribution in [1.29, 1.82) is 5.26 Å². The van der Waals surface area contributed by atoms with Crippen LogP contribution in [0.2, 0.25) is 0 Å². The average Bonchev–Trinajstić information content (AvgIpc) is 2.78. The lowest BCUT2D eigenvalue weighted by Gasteiger charge is -2.29. The van der Waals surface area contributed by atoms with Gasteiger partial charge in [0.25, 0.3) is 5.91 Å². The van der Waals surface area contributed by atoms with E-state index in [1.807, 2.05) is 38.9 Å². The predicted molar refractivity (Wildman–Crippen MR) is 67.3 cm³/mol. The van der Waals surface area contributed by atoms with Crippen LogP contribution in [-0.2, 0) is 4.79 Å². The van der Waals surface area contributed by atoms with Gasteiger partial charge in [0.05, 0.1) is 0 Å². The summed E-state index contributed by atoms with van der Waals surface area (Å²) in [6.07, 6.45) is 3.84. The van der Waals surface area contributed by atoms with Crippen molar-refractivity contribution in [3.8, 4) is 6.07 Å². The van der Waals surface area contributed by atoms with Crippen molar-refractivity contribution in [3.05, 3.63) is 11.6 Å². The molecule has 0 atom stereocenters. The van der Waals surface area contributed by atoms with E-state index in [0.29, 0.717) is 0 Å². The molecule has 1 fully saturated rings. The quantitative estimate of drug-likeness (QED) is 0.549. The summed E-state index contributed by atoms with van der Waals surface area (Å²) in [5.41, 5.74) is -0.0360. The number of likely N-dealkylation sites (tertiary alicyclic amines) is 1. The third-order valence-corrected chi connectivity index (χ3v) is 3.39. The van der Waals surface area contributed by atoms with Crippen molar-refractivity contribution in [1.82, 2.24) is 9.80 Å². The number of rotatable bonds is 3. The third-order valence-electron chi connectivity index (χ3n) is 3.39. The molecule has 0 spiro atoms. The third kappa shape index (κ3) is 3.31. The molecule has 0 unspecified atom stereocenters. The standard InChI is InChI=1S/C13H21N3O/c1-13(2,15(3)4)9-11(10-14)12(17)16-7-5-6-8-16/h9H,5-8H2,1-4H3/b11-9-. The second-order valence-corrected chi connectivity index (χ2v) is 5.22. The maximum absolute atomic E-state index is 12.1. The van der Waals surface area contributed by atoms with Gasteiger partial charge in [-0.15, -0.1) is 0 Å². The molecule has 17 heavy (non-hydrogen) atoms. The zero-order chi connectivity index (χ0) is 13.1. The van der Waals surface area contributed by atoms with Gasteiger partial charge < -0.3 is 9.80 Å². The molecule has 0 aromatic heterocycles. The van der Waals surface area contributed by atoms with E-state index in [1.165, 1.54) is 0 Å². The molecular formula is C13H21N3O. The molecule has 0 aliphatic carbocycles. The summed E-state index contributed by atoms with van der Waals surface area (Å²) in [5, 5.41) is 9.12. The summed E-state index contributed by atoms with van der Waals surface area (Å²) in [6.45, 7) is 5.53. The fraction of sp³-hybridized carbons (Fsp3) is 0.692. The first-order chi connectivity index (χ1) is 7.88. The van der Waals surface area contributed by atoms with E-state index in [2.05, 4.69) is 0 Å². The van der Waals surface area contributed by atoms with Crippen molar-refractivity contribution in [2.45, 2.75) is 32.2 Å². The summed E-state index contributed by atoms with van der Waals surface area (Å²) < 4.78 is 0. The molecule has 4 nitrogen and oxygen atoms in total. The summed E-state index contributed by atoms with van der Waals surface area (Å²) in [5.74, 6) is -0.125. The van der Waals surface area contributed by atoms with Gasteiger partial charge >= 0.3 is 0 Å². The molecule has 4 heteroatoms. The Bertz CT molecular complexity index is 357. The molecule has 1 aliphatic heterocycles. The first-order valence-electron chi connectivity index (χ1n) is 5.98. The van der Waals surface area contributed by atoms with E-state index in [9.17, 15) is 4.79 Å². The van der Waals surface area contributed by atoms with Gasteiger partial charge in [0.2, 0.25) is 0 Å². The van der Waals surface area contributed by atoms with Gasteiger partial charge in [-0.05, 0) is 46.9 Å². The molecule has 0 aromatic rings. The fourth-order valence-corrected chi connectivity index (χ4v) is 1.71. The molecule has 1 heterocycles. The molecule has 0 N–H and O–H groups in total. The summed E-state index contributed by atoms with van der Waals surface area (Å²) in [7, 11) is 3.87. The number of carbonyl (C=O) groups excluding carboxylic acids is 1. The highest BCUT2D eigenvalue weighted by molar-refractivity contribution is 5.97. The fourth-order valence-electron chi connectivity index (χ4n) is 1.71. The van der Waals surface area contributed by atoms with E-state index in [-0.39, 0.29) is 17.0 Å². The highest BCUT2D eigenvalue weighted by Crippen LogP contribution is 2.17. The van der Waals surface area contributed by atoms with E-state index >= 15 is 0 Å². The van der Waals surface area contributed by atoms with Gasteiger partial charge in [0.15, 0.2) is 0 Å². The van der Waals surface area contributed by atoms with Crippen LogP contribution in [0.1, 0.15) is 26.7 Å². The lowest BCUT2D eigenvalue weighted by molar-refractivity contribution is -0.125. The summed E-state index contributed by atoms with van der Waals surface area (Å²) in [6, 6.07) is 2.03. The van der Waals surface area contributed by atoms with Gasteiger partial charge in [0.1, 0.15) is 11.6 Å². The Balaban J connectivity index is 2.88. The van der Waals surface area contributed by atoms with E-state index in [0.717, 1.165) is 25.9 Å². The Kier molecular flexibility index (Phi) is 4.30. The van der Waals surface area contributed by atoms with E-state index in [1.54, 1.807) is 11.0 Å². The van der Waals surface area contributed by atoms with Crippen molar-refractivity contribution in [2.75, 3.05) is 27.2 Å². The molecule has 1 rings (SSSR count). The molecule has 1 saturated heterocycles. The number of nitrogens with zero attached hydrogens (tertiary/aromatic N) is 3. The second-order valence-electron chi connectivity index (χ2n) is 5.22. The number of carbonyl (C=O) groups is 1. The lowest BCUT2D eigenvalue weighted by Crippen LogP contribution is -2.38. The predicted octanol–water partition coefficient (Wildman–Crippen LogP) is 1.40. The zero-order valence-corrected chi connectivity index (χ0v) is 11.2. The Hall–Kier alpha value is -1.34. The normalized spacial score (nSPS) is 17.4. The second kappa shape index (κ2) is 5.33. The molecular weight excluding hydrogens is 214 g/mol. The highest BCUT2D eigenvalue weighted by atomic mass is 16.2. The molecule has 1 aliphatic rings. The van der Waals surface area contributed by atoms with E-state index in [4.69, 9.17) is 5.26 Å². The molecule has 0 aromatic carbocycles. The van der Waals surface area contributed by atoms with Crippen LogP contribution >= 0.6 is 0 Å². The average molecular weight is 235 g/mol. The van der Waals surface area contributed by atoms with Crippen LogP contribution in [0.5, 0.6) is 0 Å². The SMILES string of the molecule is CN(C)C(C)(C)/C=C(/C#N)C(=O)N1CCCC1. The maximum atomic E-state index is 12.1. The zero-order valence-electron chi connectivity index (χ0n) is 11.2. The lowest BCUT2D eigenvalue weighted by atomic mass is 10.00. The summed E-state index contributed by atoms with van der Waals surface area (Å²) in [4.78, 5) is 15.8. The van der Waals surface area contributed by atoms with Gasteiger partial charge in [-0.1, -0.05) is 0 Å². The van der Waals surface area contributed by atoms with Crippen molar-refractivity contribution < 1.29 is 4.79 Å². The van der Waals surface area contributed by atoms with E-state index < -0.39 is 0 Å². The van der Waals surface area contributed by atoms with Crippen LogP contribution in [0.15, 0.2) is 11.6 Å². The Morgan fingerprint density at radius 1 is 1.35 bits per heavy atom. The van der Waals surface area contributed by atoms with Gasteiger partial charge in [-0.25, -0.2) is 0 Å². The number of likely N-dealkylation sites (N-methyl/N-ethyl adjacent to an activating group) is 1. The van der Waals surface area contributed by atoms with Crippen molar-refractivity contribution in [2.24, 2.45) is 0 Å². The van der Waals surface area contributed by atoms with Gasteiger partial charge in [0, 0.05) is 18.6 Å². The largest absolute Gasteiger partial charge is 0.338 e. The highest BCUT2D eigenvalue weighted by Gasteiger charge is 2.25. The van der Waals surface area contributed by atoms with Crippen LogP contribution in [0.25, 0.3) is 0 Å². The number of hydrogen-bond acceptors (Lipinski definition) is 3. The Labute approximate surface area is 103 Å². The van der Waals surface area contributed by atoms with Crippen LogP contribution < -0.4 is 0 Å². The van der Waals surface area contributed by atoms with Gasteiger partial charge in [-0.2, -0.15) is 5.26 Å². The Morgan fingerprint density at radius 2 is 1.88 bits per heavy atom. The van der Waals surface area contributed by atoms with Gasteiger partial charge in [-0.3, -0.25) is 4.79 Å². The van der Waals surface area contributed by atoms with Crippen molar-refractivity contribution in [3.63, 3.8) is 0 Å². The first kappa shape index (κ1) is 13.7. The topological polar surface area (TPSA) is 47.3 Å². The van der Waals surface area contributed by atoms with Crippen LogP contribution in [0.4, 0.5) is 0 Å². The molecule has 0 radical (unpaired) electrons. The maximum Gasteiger partial charge on any atom is 0.264 e. The van der Waals surface area contributed by atoms with Crippen LogP contribution in [0, 0.1) is 11.3 Å². The monoisotopic (exact) mass is 235 g/mol. The Morgan fingerprint density at radius 3 is 2.29 bits per heavy atom. The first-order valence-corrected chi connectivity index (χ1v) is 5.98. The van der Waals surface area contributed by atoms with Crippen LogP contribution in [0.3, 0.4) is 0 Å². The van der Waals surface area contributed by atoms with Crippen molar-refractivity contribution >= 4 is 5.91 Å². The molecule has 1 amide bonds.